The molecule has 6 nitrogen and oxygen atoms in total. The minimum absolute atomic E-state index is 0.0227. The number of rotatable bonds is 6. The van der Waals surface area contributed by atoms with Crippen molar-refractivity contribution in [1.29, 1.82) is 0 Å². The number of urea groups is 1. The highest BCUT2D eigenvalue weighted by Gasteiger charge is 2.27. The Morgan fingerprint density at radius 1 is 1.19 bits per heavy atom. The molecule has 2 atom stereocenters. The van der Waals surface area contributed by atoms with Crippen molar-refractivity contribution in [3.05, 3.63) is 28.3 Å². The van der Waals surface area contributed by atoms with Crippen molar-refractivity contribution in [3.8, 4) is 0 Å². The molecule has 0 radical (unpaired) electrons. The predicted octanol–water partition coefficient (Wildman–Crippen LogP) is 2.71. The van der Waals surface area contributed by atoms with Crippen molar-refractivity contribution in [2.45, 2.75) is 64.0 Å². The molecule has 0 fully saturated rings. The molecule has 1 aromatic rings. The topological polar surface area (TPSA) is 84.5 Å². The minimum Gasteiger partial charge on any atom is -0.593 e. The Bertz CT molecular complexity index is 705. The number of aryl methyl sites for hydroxylation is 2. The summed E-state index contributed by atoms with van der Waals surface area (Å²) in [6.45, 7) is 3.84. The van der Waals surface area contributed by atoms with Crippen LogP contribution in [0, 0.1) is 0 Å². The predicted molar refractivity (Wildman–Crippen MR) is 108 cm³/mol. The lowest BCUT2D eigenvalue weighted by Crippen LogP contribution is -2.41. The van der Waals surface area contributed by atoms with Crippen LogP contribution in [0.4, 0.5) is 10.5 Å². The fraction of sp³-hybridized carbons (Fsp3) is 0.600. The normalized spacial score (nSPS) is 17.0. The van der Waals surface area contributed by atoms with Gasteiger partial charge < -0.3 is 14.8 Å². The van der Waals surface area contributed by atoms with Crippen LogP contribution in [0.2, 0.25) is 0 Å². The van der Waals surface area contributed by atoms with Gasteiger partial charge in [0.2, 0.25) is 5.91 Å². The van der Waals surface area contributed by atoms with E-state index in [-0.39, 0.29) is 11.2 Å². The minimum atomic E-state index is -1.49. The molecule has 2 aliphatic rings. The maximum atomic E-state index is 12.5. The summed E-state index contributed by atoms with van der Waals surface area (Å²) in [6.07, 6.45) is 6.96. The number of hydrogen-bond donors (Lipinski definition) is 2. The van der Waals surface area contributed by atoms with Crippen molar-refractivity contribution >= 4 is 29.0 Å². The highest BCUT2D eigenvalue weighted by atomic mass is 32.2. The summed E-state index contributed by atoms with van der Waals surface area (Å²) in [4.78, 5) is 25.3. The fourth-order valence-electron chi connectivity index (χ4n) is 3.94. The van der Waals surface area contributed by atoms with E-state index in [0.29, 0.717) is 13.0 Å². The van der Waals surface area contributed by atoms with E-state index in [9.17, 15) is 14.1 Å². The quantitative estimate of drug-likeness (QED) is 0.731. The Morgan fingerprint density at radius 3 is 2.33 bits per heavy atom. The van der Waals surface area contributed by atoms with Crippen molar-refractivity contribution < 1.29 is 14.1 Å². The first-order valence-corrected chi connectivity index (χ1v) is 10.9. The molecule has 3 rings (SSSR count). The molecule has 1 aromatic carbocycles. The van der Waals surface area contributed by atoms with Crippen LogP contribution in [0.5, 0.6) is 0 Å². The Kier molecular flexibility index (Phi) is 6.32. The van der Waals surface area contributed by atoms with Gasteiger partial charge in [0.25, 0.3) is 0 Å². The van der Waals surface area contributed by atoms with Crippen molar-refractivity contribution in [1.82, 2.24) is 9.62 Å². The van der Waals surface area contributed by atoms with Gasteiger partial charge in [-0.2, -0.15) is 4.72 Å². The van der Waals surface area contributed by atoms with Crippen LogP contribution in [0.3, 0.4) is 0 Å². The highest BCUT2D eigenvalue weighted by molar-refractivity contribution is 7.90. The molecular weight excluding hydrogens is 362 g/mol. The molecule has 148 valence electrons. The molecule has 0 heterocycles. The highest BCUT2D eigenvalue weighted by Crippen LogP contribution is 2.38. The number of carbonyl (C=O) groups excluding carboxylic acids is 2. The number of carbonyl (C=O) groups is 2. The summed E-state index contributed by atoms with van der Waals surface area (Å²) in [5.74, 6) is -0.0227. The molecule has 2 N–H and O–H groups in total. The molecule has 0 spiro atoms. The van der Waals surface area contributed by atoms with Crippen LogP contribution in [0.15, 0.2) is 6.07 Å². The van der Waals surface area contributed by atoms with Crippen molar-refractivity contribution in [2.75, 3.05) is 18.9 Å². The Hall–Kier alpha value is -1.73. The zero-order chi connectivity index (χ0) is 19.6. The van der Waals surface area contributed by atoms with Gasteiger partial charge in [0, 0.05) is 32.6 Å². The second-order valence-corrected chi connectivity index (χ2v) is 9.23. The van der Waals surface area contributed by atoms with E-state index in [1.807, 2.05) is 6.92 Å². The zero-order valence-corrected chi connectivity index (χ0v) is 17.2. The largest absolute Gasteiger partial charge is 0.593 e. The van der Waals surface area contributed by atoms with E-state index < -0.39 is 17.4 Å². The molecule has 0 saturated carbocycles. The molecule has 0 aliphatic heterocycles. The molecule has 2 aliphatic carbocycles. The molecule has 7 heteroatoms. The Morgan fingerprint density at radius 2 is 1.78 bits per heavy atom. The third kappa shape index (κ3) is 4.58. The average molecular weight is 392 g/mol. The zero-order valence-electron chi connectivity index (χ0n) is 16.4. The molecule has 0 aromatic heterocycles. The standard InChI is InChI=1S/C20H29N3O3S/c1-13(10-11-23(3)14(2)24)27(26)22-20(25)21-19-17-8-4-6-15(17)12-16-7-5-9-18(16)19/h12-13H,4-11H2,1-3H3,(H2,21,22,25). The maximum Gasteiger partial charge on any atom is 0.360 e. The lowest BCUT2D eigenvalue weighted by Gasteiger charge is -2.21. The van der Waals surface area contributed by atoms with E-state index in [1.165, 1.54) is 29.2 Å². The smallest absolute Gasteiger partial charge is 0.360 e. The first kappa shape index (κ1) is 20.0. The first-order valence-electron chi connectivity index (χ1n) is 9.73. The van der Waals surface area contributed by atoms with Crippen LogP contribution < -0.4 is 10.0 Å². The van der Waals surface area contributed by atoms with Crippen molar-refractivity contribution in [3.63, 3.8) is 0 Å². The lowest BCUT2D eigenvalue weighted by molar-refractivity contribution is -0.127. The summed E-state index contributed by atoms with van der Waals surface area (Å²) >= 11 is -1.49. The van der Waals surface area contributed by atoms with Gasteiger partial charge in [-0.05, 0) is 67.7 Å². The molecule has 2 unspecified atom stereocenters. The summed E-state index contributed by atoms with van der Waals surface area (Å²) in [5, 5.41) is 2.77. The summed E-state index contributed by atoms with van der Waals surface area (Å²) < 4.78 is 15.0. The van der Waals surface area contributed by atoms with Crippen molar-refractivity contribution in [2.24, 2.45) is 0 Å². The maximum absolute atomic E-state index is 12.5. The molecule has 3 amide bonds. The molecule has 27 heavy (non-hydrogen) atoms. The van der Waals surface area contributed by atoms with Crippen LogP contribution in [0.1, 0.15) is 55.4 Å². The van der Waals surface area contributed by atoms with E-state index >= 15 is 0 Å². The SMILES string of the molecule is CC(=O)N(C)CCC(C)[S+]([O-])NC(=O)Nc1c2c(cc3c1CCC3)CCC2. The van der Waals surface area contributed by atoms with E-state index in [0.717, 1.165) is 44.2 Å². The van der Waals surface area contributed by atoms with Crippen LogP contribution in [-0.4, -0.2) is 40.2 Å². The number of nitrogens with zero attached hydrogens (tertiary/aromatic N) is 1. The number of anilines is 1. The number of nitrogens with one attached hydrogen (secondary N) is 2. The summed E-state index contributed by atoms with van der Waals surface area (Å²) in [7, 11) is 1.72. The molecule has 0 bridgehead atoms. The second kappa shape index (κ2) is 8.52. The van der Waals surface area contributed by atoms with Gasteiger partial charge in [-0.15, -0.1) is 0 Å². The number of benzene rings is 1. The van der Waals surface area contributed by atoms with Crippen LogP contribution in [-0.2, 0) is 41.8 Å². The molecule has 0 saturated heterocycles. The van der Waals surface area contributed by atoms with E-state index in [1.54, 1.807) is 11.9 Å². The number of hydrogen-bond acceptors (Lipinski definition) is 3. The monoisotopic (exact) mass is 391 g/mol. The van der Waals surface area contributed by atoms with Gasteiger partial charge in [0.15, 0.2) is 0 Å². The van der Waals surface area contributed by atoms with Gasteiger partial charge in [-0.25, -0.2) is 4.79 Å². The Labute approximate surface area is 164 Å². The van der Waals surface area contributed by atoms with Crippen LogP contribution >= 0.6 is 0 Å². The average Bonchev–Trinajstić information content (AvgIpc) is 3.27. The fourth-order valence-corrected chi connectivity index (χ4v) is 4.69. The third-order valence-corrected chi connectivity index (χ3v) is 7.03. The molecular formula is C20H29N3O3S. The second-order valence-electron chi connectivity index (χ2n) is 7.63. The third-order valence-electron chi connectivity index (χ3n) is 5.68. The van der Waals surface area contributed by atoms with Crippen LogP contribution in [0.25, 0.3) is 0 Å². The van der Waals surface area contributed by atoms with E-state index in [4.69, 9.17) is 0 Å². The van der Waals surface area contributed by atoms with Gasteiger partial charge in [0.05, 0.1) is 11.4 Å². The van der Waals surface area contributed by atoms with Gasteiger partial charge in [0.1, 0.15) is 5.25 Å². The summed E-state index contributed by atoms with van der Waals surface area (Å²) in [6, 6.07) is 1.91. The lowest BCUT2D eigenvalue weighted by atomic mass is 9.99. The number of amides is 3. The Balaban J connectivity index is 1.61. The summed E-state index contributed by atoms with van der Waals surface area (Å²) in [5.41, 5.74) is 6.18. The number of fused-ring (bicyclic) bond motifs is 2. The van der Waals surface area contributed by atoms with Gasteiger partial charge in [-0.1, -0.05) is 6.07 Å². The van der Waals surface area contributed by atoms with Gasteiger partial charge >= 0.3 is 6.03 Å². The first-order chi connectivity index (χ1) is 12.9. The van der Waals surface area contributed by atoms with Gasteiger partial charge in [-0.3, -0.25) is 4.79 Å². The van der Waals surface area contributed by atoms with E-state index in [2.05, 4.69) is 16.1 Å².